The van der Waals surface area contributed by atoms with Crippen molar-refractivity contribution in [2.24, 2.45) is 0 Å². The molecule has 0 amide bonds. The molecule has 27 heavy (non-hydrogen) atoms. The van der Waals surface area contributed by atoms with Gasteiger partial charge in [0.1, 0.15) is 5.52 Å². The summed E-state index contributed by atoms with van der Waals surface area (Å²) in [5, 5.41) is 0. The Balaban J connectivity index is 1.67. The zero-order valence-corrected chi connectivity index (χ0v) is 15.5. The fourth-order valence-electron chi connectivity index (χ4n) is 2.85. The van der Waals surface area contributed by atoms with Crippen LogP contribution >= 0.6 is 0 Å². The lowest BCUT2D eigenvalue weighted by molar-refractivity contribution is 0.601. The van der Waals surface area contributed by atoms with E-state index in [9.17, 15) is 8.42 Å². The smallest absolute Gasteiger partial charge is 0.261 e. The minimum atomic E-state index is -3.65. The number of fused-ring (bicyclic) bond motifs is 1. The number of hydrogen-bond donors (Lipinski definition) is 1. The molecule has 0 saturated heterocycles. The zero-order valence-electron chi connectivity index (χ0n) is 14.7. The predicted molar refractivity (Wildman–Crippen MR) is 106 cm³/mol. The zero-order chi connectivity index (χ0) is 18.9. The Kier molecular flexibility index (Phi) is 4.41. The summed E-state index contributed by atoms with van der Waals surface area (Å²) in [6.45, 7) is 2.09. The quantitative estimate of drug-likeness (QED) is 0.538. The van der Waals surface area contributed by atoms with E-state index in [1.165, 1.54) is 5.56 Å². The topological polar surface area (TPSA) is 72.2 Å². The van der Waals surface area contributed by atoms with E-state index in [2.05, 4.69) is 16.6 Å². The summed E-state index contributed by atoms with van der Waals surface area (Å²) in [6, 6.07) is 21.2. The van der Waals surface area contributed by atoms with Crippen LogP contribution in [-0.2, 0) is 16.4 Å². The Hall–Kier alpha value is -3.12. The highest BCUT2D eigenvalue weighted by molar-refractivity contribution is 7.92. The highest BCUT2D eigenvalue weighted by Gasteiger charge is 2.15. The summed E-state index contributed by atoms with van der Waals surface area (Å²) >= 11 is 0. The molecule has 1 N–H and O–H groups in total. The van der Waals surface area contributed by atoms with Gasteiger partial charge in [0.05, 0.1) is 4.90 Å². The number of aryl methyl sites for hydroxylation is 1. The van der Waals surface area contributed by atoms with Crippen molar-refractivity contribution in [3.8, 4) is 11.5 Å². The van der Waals surface area contributed by atoms with Crippen molar-refractivity contribution in [3.05, 3.63) is 78.4 Å². The molecule has 1 aromatic heterocycles. The van der Waals surface area contributed by atoms with E-state index in [-0.39, 0.29) is 4.90 Å². The maximum Gasteiger partial charge on any atom is 0.261 e. The Morgan fingerprint density at radius 1 is 0.963 bits per heavy atom. The first-order valence-corrected chi connectivity index (χ1v) is 10.1. The summed E-state index contributed by atoms with van der Waals surface area (Å²) in [4.78, 5) is 4.76. The molecule has 4 aromatic rings. The van der Waals surface area contributed by atoms with E-state index in [0.717, 1.165) is 11.9 Å². The molecule has 0 fully saturated rings. The maximum absolute atomic E-state index is 12.5. The highest BCUT2D eigenvalue weighted by Crippen LogP contribution is 2.27. The third kappa shape index (κ3) is 3.57. The van der Waals surface area contributed by atoms with Crippen LogP contribution in [0.1, 0.15) is 12.5 Å². The largest absolute Gasteiger partial charge is 0.436 e. The maximum atomic E-state index is 12.5. The number of aromatic nitrogens is 1. The number of oxazole rings is 1. The number of hydrogen-bond acceptors (Lipinski definition) is 4. The van der Waals surface area contributed by atoms with Crippen molar-refractivity contribution < 1.29 is 12.8 Å². The summed E-state index contributed by atoms with van der Waals surface area (Å²) < 4.78 is 33.5. The molecular weight excluding hydrogens is 360 g/mol. The van der Waals surface area contributed by atoms with Crippen LogP contribution in [0.15, 0.2) is 82.1 Å². The summed E-state index contributed by atoms with van der Waals surface area (Å²) in [7, 11) is -3.65. The molecular formula is C21H18N2O3S. The molecule has 0 atom stereocenters. The van der Waals surface area contributed by atoms with E-state index in [1.54, 1.807) is 48.5 Å². The molecule has 0 aliphatic carbocycles. The highest BCUT2D eigenvalue weighted by atomic mass is 32.2. The van der Waals surface area contributed by atoms with Crippen molar-refractivity contribution in [1.29, 1.82) is 0 Å². The van der Waals surface area contributed by atoms with Crippen molar-refractivity contribution in [2.45, 2.75) is 18.2 Å². The lowest BCUT2D eigenvalue weighted by Gasteiger charge is -2.08. The summed E-state index contributed by atoms with van der Waals surface area (Å²) in [6.07, 6.45) is 0.925. The molecule has 0 aliphatic heterocycles. The van der Waals surface area contributed by atoms with Gasteiger partial charge in [0.15, 0.2) is 5.58 Å². The van der Waals surface area contributed by atoms with Gasteiger partial charge in [0.25, 0.3) is 10.0 Å². The summed E-state index contributed by atoms with van der Waals surface area (Å²) in [5.41, 5.74) is 3.84. The lowest BCUT2D eigenvalue weighted by atomic mass is 10.1. The van der Waals surface area contributed by atoms with Gasteiger partial charge in [-0.1, -0.05) is 37.3 Å². The third-order valence-electron chi connectivity index (χ3n) is 4.28. The first kappa shape index (κ1) is 17.3. The van der Waals surface area contributed by atoms with Crippen LogP contribution in [0.25, 0.3) is 22.6 Å². The van der Waals surface area contributed by atoms with E-state index in [0.29, 0.717) is 22.7 Å². The second-order valence-electron chi connectivity index (χ2n) is 6.17. The first-order valence-electron chi connectivity index (χ1n) is 8.63. The molecule has 136 valence electrons. The number of anilines is 1. The van der Waals surface area contributed by atoms with Crippen molar-refractivity contribution in [1.82, 2.24) is 4.98 Å². The van der Waals surface area contributed by atoms with Crippen molar-refractivity contribution >= 4 is 26.8 Å². The normalized spacial score (nSPS) is 11.6. The second kappa shape index (κ2) is 6.89. The van der Waals surface area contributed by atoms with Crippen LogP contribution in [0.3, 0.4) is 0 Å². The molecule has 4 rings (SSSR count). The second-order valence-corrected chi connectivity index (χ2v) is 7.86. The third-order valence-corrected chi connectivity index (χ3v) is 5.67. The molecule has 0 saturated carbocycles. The lowest BCUT2D eigenvalue weighted by Crippen LogP contribution is -2.12. The number of nitrogens with one attached hydrogen (secondary N) is 1. The molecule has 0 bridgehead atoms. The van der Waals surface area contributed by atoms with Crippen LogP contribution in [0.5, 0.6) is 0 Å². The molecule has 6 heteroatoms. The summed E-state index contributed by atoms with van der Waals surface area (Å²) in [5.74, 6) is 0.457. The van der Waals surface area contributed by atoms with Gasteiger partial charge >= 0.3 is 0 Å². The van der Waals surface area contributed by atoms with E-state index in [1.807, 2.05) is 24.3 Å². The van der Waals surface area contributed by atoms with Crippen LogP contribution < -0.4 is 4.72 Å². The monoisotopic (exact) mass is 378 g/mol. The SMILES string of the molecule is CCc1ccc2oc(-c3cccc(NS(=O)(=O)c4ccccc4)c3)nc2c1. The van der Waals surface area contributed by atoms with Gasteiger partial charge in [-0.3, -0.25) is 4.72 Å². The predicted octanol–water partition coefficient (Wildman–Crippen LogP) is 4.86. The average Bonchev–Trinajstić information content (AvgIpc) is 3.12. The van der Waals surface area contributed by atoms with Gasteiger partial charge in [-0.05, 0) is 54.4 Å². The first-order chi connectivity index (χ1) is 13.0. The Labute approximate surface area is 157 Å². The molecule has 0 radical (unpaired) electrons. The number of sulfonamides is 1. The Morgan fingerprint density at radius 2 is 1.78 bits per heavy atom. The van der Waals surface area contributed by atoms with E-state index in [4.69, 9.17) is 4.42 Å². The molecule has 1 heterocycles. The van der Waals surface area contributed by atoms with Crippen LogP contribution in [-0.4, -0.2) is 13.4 Å². The van der Waals surface area contributed by atoms with Gasteiger partial charge in [-0.15, -0.1) is 0 Å². The Bertz CT molecular complexity index is 1200. The van der Waals surface area contributed by atoms with Gasteiger partial charge in [-0.25, -0.2) is 13.4 Å². The fraction of sp³-hybridized carbons (Fsp3) is 0.0952. The van der Waals surface area contributed by atoms with Gasteiger partial charge in [0.2, 0.25) is 5.89 Å². The molecule has 5 nitrogen and oxygen atoms in total. The number of benzene rings is 3. The minimum Gasteiger partial charge on any atom is -0.436 e. The molecule has 0 spiro atoms. The van der Waals surface area contributed by atoms with E-state index < -0.39 is 10.0 Å². The van der Waals surface area contributed by atoms with Crippen molar-refractivity contribution in [2.75, 3.05) is 4.72 Å². The van der Waals surface area contributed by atoms with Crippen LogP contribution in [0.2, 0.25) is 0 Å². The van der Waals surface area contributed by atoms with Crippen LogP contribution in [0.4, 0.5) is 5.69 Å². The van der Waals surface area contributed by atoms with Gasteiger partial charge < -0.3 is 4.42 Å². The molecule has 3 aromatic carbocycles. The Morgan fingerprint density at radius 3 is 2.56 bits per heavy atom. The number of nitrogens with zero attached hydrogens (tertiary/aromatic N) is 1. The van der Waals surface area contributed by atoms with Crippen LogP contribution in [0, 0.1) is 0 Å². The van der Waals surface area contributed by atoms with Gasteiger partial charge in [0, 0.05) is 11.3 Å². The van der Waals surface area contributed by atoms with Gasteiger partial charge in [-0.2, -0.15) is 0 Å². The molecule has 0 unspecified atom stereocenters. The standard InChI is InChI=1S/C21H18N2O3S/c1-2-15-11-12-20-19(13-15)22-21(26-20)16-7-6-8-17(14-16)23-27(24,25)18-9-4-3-5-10-18/h3-14,23H,2H2,1H3. The van der Waals surface area contributed by atoms with Crippen molar-refractivity contribution in [3.63, 3.8) is 0 Å². The fourth-order valence-corrected chi connectivity index (χ4v) is 3.92. The molecule has 0 aliphatic rings. The van der Waals surface area contributed by atoms with E-state index >= 15 is 0 Å². The number of rotatable bonds is 5. The average molecular weight is 378 g/mol. The minimum absolute atomic E-state index is 0.212.